The van der Waals surface area contributed by atoms with E-state index in [1.54, 1.807) is 12.1 Å². The first-order valence-corrected chi connectivity index (χ1v) is 6.97. The van der Waals surface area contributed by atoms with E-state index < -0.39 is 0 Å². The predicted octanol–water partition coefficient (Wildman–Crippen LogP) is 2.27. The normalized spacial score (nSPS) is 24.0. The van der Waals surface area contributed by atoms with Gasteiger partial charge in [0, 0.05) is 43.5 Å². The Bertz CT molecular complexity index is 460. The first-order valence-electron chi connectivity index (χ1n) is 6.97. The first kappa shape index (κ1) is 12.4. The highest BCUT2D eigenvalue weighted by molar-refractivity contribution is 5.51. The lowest BCUT2D eigenvalue weighted by Crippen LogP contribution is -2.54. The molecule has 102 valence electrons. The van der Waals surface area contributed by atoms with E-state index in [0.29, 0.717) is 6.04 Å². The van der Waals surface area contributed by atoms with Crippen LogP contribution in [0, 0.1) is 10.1 Å². The van der Waals surface area contributed by atoms with Crippen molar-refractivity contribution in [3.05, 3.63) is 34.4 Å². The van der Waals surface area contributed by atoms with Gasteiger partial charge in [0.25, 0.3) is 5.69 Å². The molecule has 1 aromatic rings. The van der Waals surface area contributed by atoms with E-state index in [-0.39, 0.29) is 10.6 Å². The zero-order chi connectivity index (χ0) is 13.2. The lowest BCUT2D eigenvalue weighted by molar-refractivity contribution is -0.384. The first-order chi connectivity index (χ1) is 9.24. The van der Waals surface area contributed by atoms with Crippen LogP contribution in [0.2, 0.25) is 0 Å². The third-order valence-electron chi connectivity index (χ3n) is 4.26. The van der Waals surface area contributed by atoms with Crippen molar-refractivity contribution in [2.75, 3.05) is 31.1 Å². The monoisotopic (exact) mass is 261 g/mol. The van der Waals surface area contributed by atoms with Crippen LogP contribution in [0.15, 0.2) is 24.3 Å². The number of nitro groups is 1. The Morgan fingerprint density at radius 3 is 2.63 bits per heavy atom. The molecule has 2 aliphatic rings. The van der Waals surface area contributed by atoms with E-state index in [1.165, 1.54) is 25.8 Å². The molecular formula is C14H19N3O2. The molecule has 0 aliphatic carbocycles. The van der Waals surface area contributed by atoms with Gasteiger partial charge in [-0.15, -0.1) is 0 Å². The quantitative estimate of drug-likeness (QED) is 0.605. The zero-order valence-corrected chi connectivity index (χ0v) is 11.0. The molecule has 1 aromatic carbocycles. The molecule has 1 atom stereocenters. The van der Waals surface area contributed by atoms with Gasteiger partial charge in [0.05, 0.1) is 4.92 Å². The number of piperidine rings is 1. The van der Waals surface area contributed by atoms with Crippen LogP contribution in [0.1, 0.15) is 19.3 Å². The maximum atomic E-state index is 10.7. The van der Waals surface area contributed by atoms with Crippen molar-refractivity contribution >= 4 is 11.4 Å². The molecule has 5 nitrogen and oxygen atoms in total. The zero-order valence-electron chi connectivity index (χ0n) is 11.0. The van der Waals surface area contributed by atoms with Crippen LogP contribution < -0.4 is 4.90 Å². The van der Waals surface area contributed by atoms with E-state index in [2.05, 4.69) is 9.80 Å². The summed E-state index contributed by atoms with van der Waals surface area (Å²) in [5, 5.41) is 10.7. The number of rotatable bonds is 2. The average molecular weight is 261 g/mol. The van der Waals surface area contributed by atoms with Crippen molar-refractivity contribution in [3.63, 3.8) is 0 Å². The highest BCUT2D eigenvalue weighted by Crippen LogP contribution is 2.26. The summed E-state index contributed by atoms with van der Waals surface area (Å²) >= 11 is 0. The summed E-state index contributed by atoms with van der Waals surface area (Å²) in [6.07, 6.45) is 3.94. The Morgan fingerprint density at radius 2 is 1.89 bits per heavy atom. The molecular weight excluding hydrogens is 242 g/mol. The molecule has 0 spiro atoms. The fourth-order valence-electron chi connectivity index (χ4n) is 3.18. The van der Waals surface area contributed by atoms with Gasteiger partial charge in [0.2, 0.25) is 0 Å². The van der Waals surface area contributed by atoms with Crippen LogP contribution >= 0.6 is 0 Å². The van der Waals surface area contributed by atoms with E-state index >= 15 is 0 Å². The summed E-state index contributed by atoms with van der Waals surface area (Å²) in [5.41, 5.74) is 1.27. The molecule has 2 saturated heterocycles. The Morgan fingerprint density at radius 1 is 1.11 bits per heavy atom. The Hall–Kier alpha value is -1.62. The fraction of sp³-hybridized carbons (Fsp3) is 0.571. The second kappa shape index (κ2) is 5.17. The molecule has 0 bridgehead atoms. The van der Waals surface area contributed by atoms with Crippen molar-refractivity contribution < 1.29 is 4.92 Å². The minimum atomic E-state index is -0.344. The van der Waals surface area contributed by atoms with Gasteiger partial charge in [-0.3, -0.25) is 15.0 Å². The lowest BCUT2D eigenvalue weighted by atomic mass is 9.99. The highest BCUT2D eigenvalue weighted by Gasteiger charge is 2.28. The number of hydrogen-bond donors (Lipinski definition) is 0. The van der Waals surface area contributed by atoms with Gasteiger partial charge in [-0.2, -0.15) is 0 Å². The van der Waals surface area contributed by atoms with Crippen molar-refractivity contribution in [1.29, 1.82) is 0 Å². The SMILES string of the molecule is O=[N+]([O-])c1ccc(N2CCN3CCCC[C@H]3C2)cc1. The summed E-state index contributed by atoms with van der Waals surface area (Å²) in [6, 6.07) is 7.61. The summed E-state index contributed by atoms with van der Waals surface area (Å²) in [7, 11) is 0. The molecule has 3 rings (SSSR count). The van der Waals surface area contributed by atoms with Gasteiger partial charge in [0.15, 0.2) is 0 Å². The largest absolute Gasteiger partial charge is 0.369 e. The second-order valence-corrected chi connectivity index (χ2v) is 5.41. The third-order valence-corrected chi connectivity index (χ3v) is 4.26. The van der Waals surface area contributed by atoms with Gasteiger partial charge >= 0.3 is 0 Å². The molecule has 0 aromatic heterocycles. The van der Waals surface area contributed by atoms with Gasteiger partial charge in [0.1, 0.15) is 0 Å². The molecule has 0 N–H and O–H groups in total. The smallest absolute Gasteiger partial charge is 0.269 e. The summed E-state index contributed by atoms with van der Waals surface area (Å²) < 4.78 is 0. The standard InChI is InChI=1S/C14H19N3O2/c18-17(19)13-6-4-12(5-7-13)16-10-9-15-8-2-1-3-14(15)11-16/h4-7,14H,1-3,8-11H2/t14-/m0/s1. The number of benzene rings is 1. The lowest BCUT2D eigenvalue weighted by Gasteiger charge is -2.44. The van der Waals surface area contributed by atoms with E-state index in [0.717, 1.165) is 25.3 Å². The van der Waals surface area contributed by atoms with Crippen LogP contribution in [-0.2, 0) is 0 Å². The molecule has 19 heavy (non-hydrogen) atoms. The molecule has 2 aliphatic heterocycles. The molecule has 0 radical (unpaired) electrons. The van der Waals surface area contributed by atoms with Crippen molar-refractivity contribution in [2.45, 2.75) is 25.3 Å². The molecule has 0 amide bonds. The summed E-state index contributed by atoms with van der Waals surface area (Å²) in [5.74, 6) is 0. The maximum Gasteiger partial charge on any atom is 0.269 e. The van der Waals surface area contributed by atoms with Crippen molar-refractivity contribution in [3.8, 4) is 0 Å². The fourth-order valence-corrected chi connectivity index (χ4v) is 3.18. The molecule has 0 unspecified atom stereocenters. The van der Waals surface area contributed by atoms with Crippen LogP contribution in [0.5, 0.6) is 0 Å². The van der Waals surface area contributed by atoms with Crippen LogP contribution in [0.25, 0.3) is 0 Å². The average Bonchev–Trinajstić information content (AvgIpc) is 2.47. The van der Waals surface area contributed by atoms with Gasteiger partial charge in [-0.25, -0.2) is 0 Å². The number of nitro benzene ring substituents is 1. The minimum absolute atomic E-state index is 0.167. The van der Waals surface area contributed by atoms with Crippen LogP contribution in [0.3, 0.4) is 0 Å². The number of fused-ring (bicyclic) bond motifs is 1. The third kappa shape index (κ3) is 2.56. The van der Waals surface area contributed by atoms with Crippen LogP contribution in [-0.4, -0.2) is 42.0 Å². The number of non-ortho nitro benzene ring substituents is 1. The molecule has 2 heterocycles. The highest BCUT2D eigenvalue weighted by atomic mass is 16.6. The van der Waals surface area contributed by atoms with Gasteiger partial charge in [-0.05, 0) is 31.5 Å². The summed E-state index contributed by atoms with van der Waals surface area (Å²) in [4.78, 5) is 15.3. The Kier molecular flexibility index (Phi) is 3.38. The predicted molar refractivity (Wildman–Crippen MR) is 74.5 cm³/mol. The van der Waals surface area contributed by atoms with Gasteiger partial charge in [-0.1, -0.05) is 6.42 Å². The van der Waals surface area contributed by atoms with E-state index in [1.807, 2.05) is 12.1 Å². The Labute approximate surface area is 113 Å². The van der Waals surface area contributed by atoms with Crippen LogP contribution in [0.4, 0.5) is 11.4 Å². The number of hydrogen-bond acceptors (Lipinski definition) is 4. The number of anilines is 1. The van der Waals surface area contributed by atoms with E-state index in [4.69, 9.17) is 0 Å². The Balaban J connectivity index is 1.70. The second-order valence-electron chi connectivity index (χ2n) is 5.41. The van der Waals surface area contributed by atoms with Crippen molar-refractivity contribution in [2.24, 2.45) is 0 Å². The molecule has 2 fully saturated rings. The minimum Gasteiger partial charge on any atom is -0.369 e. The topological polar surface area (TPSA) is 49.6 Å². The maximum absolute atomic E-state index is 10.7. The van der Waals surface area contributed by atoms with E-state index in [9.17, 15) is 10.1 Å². The number of piperazine rings is 1. The number of nitrogens with zero attached hydrogens (tertiary/aromatic N) is 3. The summed E-state index contributed by atoms with van der Waals surface area (Å²) in [6.45, 7) is 4.42. The van der Waals surface area contributed by atoms with Gasteiger partial charge < -0.3 is 4.90 Å². The van der Waals surface area contributed by atoms with Crippen molar-refractivity contribution in [1.82, 2.24) is 4.90 Å². The molecule has 5 heteroatoms. The molecule has 0 saturated carbocycles.